The molecule has 0 saturated heterocycles. The van der Waals surface area contributed by atoms with E-state index >= 15 is 0 Å². The average molecular weight is 263 g/mol. The number of methoxy groups -OCH3 is 1. The lowest BCUT2D eigenvalue weighted by Gasteiger charge is -2.18. The molecule has 19 heavy (non-hydrogen) atoms. The number of carbonyl (C=O) groups is 1. The molecule has 2 rings (SSSR count). The Morgan fingerprint density at radius 3 is 2.63 bits per heavy atom. The van der Waals surface area contributed by atoms with Crippen LogP contribution in [0, 0.1) is 11.8 Å². The lowest BCUT2D eigenvalue weighted by molar-refractivity contribution is -0.138. The summed E-state index contributed by atoms with van der Waals surface area (Å²) in [6.45, 7) is 4.24. The smallest absolute Gasteiger partial charge is 0.306 e. The number of benzene rings is 1. The molecule has 3 atom stereocenters. The van der Waals surface area contributed by atoms with Crippen LogP contribution >= 0.6 is 0 Å². The first kappa shape index (κ1) is 13.9. The van der Waals surface area contributed by atoms with Crippen LogP contribution in [0.4, 0.5) is 0 Å². The molecule has 1 aromatic rings. The van der Waals surface area contributed by atoms with Gasteiger partial charge in [0.25, 0.3) is 0 Å². The van der Waals surface area contributed by atoms with Crippen molar-refractivity contribution in [1.82, 2.24) is 0 Å². The molecule has 4 nitrogen and oxygen atoms in total. The lowest BCUT2D eigenvalue weighted by atomic mass is 9.94. The molecule has 104 valence electrons. The van der Waals surface area contributed by atoms with E-state index in [1.54, 1.807) is 7.11 Å². The third kappa shape index (κ3) is 2.73. The summed E-state index contributed by atoms with van der Waals surface area (Å²) in [6.07, 6.45) is 0.658. The van der Waals surface area contributed by atoms with Gasteiger partial charge in [-0.25, -0.2) is 0 Å². The lowest BCUT2D eigenvalue weighted by Crippen LogP contribution is -2.17. The third-order valence-electron chi connectivity index (χ3n) is 3.90. The van der Waals surface area contributed by atoms with Crippen molar-refractivity contribution >= 4 is 5.97 Å². The molecule has 1 saturated carbocycles. The van der Waals surface area contributed by atoms with E-state index in [0.29, 0.717) is 12.3 Å². The van der Waals surface area contributed by atoms with Crippen molar-refractivity contribution in [2.24, 2.45) is 17.6 Å². The largest absolute Gasteiger partial charge is 0.496 e. The fourth-order valence-electron chi connectivity index (χ4n) is 2.50. The van der Waals surface area contributed by atoms with Crippen LogP contribution in [0.1, 0.15) is 43.4 Å². The summed E-state index contributed by atoms with van der Waals surface area (Å²) in [7, 11) is 1.61. The maximum absolute atomic E-state index is 11.0. The van der Waals surface area contributed by atoms with Gasteiger partial charge in [-0.2, -0.15) is 0 Å². The zero-order valence-electron chi connectivity index (χ0n) is 11.6. The molecular weight excluding hydrogens is 242 g/mol. The van der Waals surface area contributed by atoms with E-state index in [9.17, 15) is 4.79 Å². The number of carboxylic acid groups (broad SMARTS) is 1. The summed E-state index contributed by atoms with van der Waals surface area (Å²) in [5, 5.41) is 9.00. The highest BCUT2D eigenvalue weighted by Gasteiger charge is 2.47. The van der Waals surface area contributed by atoms with Crippen LogP contribution < -0.4 is 10.5 Å². The van der Waals surface area contributed by atoms with Crippen LogP contribution in [0.15, 0.2) is 18.2 Å². The van der Waals surface area contributed by atoms with E-state index in [2.05, 4.69) is 13.8 Å². The van der Waals surface area contributed by atoms with E-state index in [4.69, 9.17) is 15.6 Å². The highest BCUT2D eigenvalue weighted by atomic mass is 16.5. The van der Waals surface area contributed by atoms with Gasteiger partial charge in [-0.3, -0.25) is 4.79 Å². The number of aliphatic carboxylic acids is 1. The van der Waals surface area contributed by atoms with Crippen molar-refractivity contribution in [2.75, 3.05) is 7.11 Å². The molecule has 1 aromatic carbocycles. The molecular formula is C15H21NO3. The van der Waals surface area contributed by atoms with Gasteiger partial charge in [0, 0.05) is 11.6 Å². The minimum absolute atomic E-state index is 0.0220. The molecule has 1 aliphatic carbocycles. The molecule has 0 heterocycles. The Morgan fingerprint density at radius 2 is 2.16 bits per heavy atom. The van der Waals surface area contributed by atoms with Crippen LogP contribution in [0.5, 0.6) is 5.75 Å². The Kier molecular flexibility index (Phi) is 3.80. The molecule has 3 unspecified atom stereocenters. The van der Waals surface area contributed by atoms with Gasteiger partial charge in [-0.05, 0) is 29.9 Å². The normalized spacial score (nSPS) is 23.2. The molecule has 0 radical (unpaired) electrons. The van der Waals surface area contributed by atoms with Gasteiger partial charge in [0.1, 0.15) is 5.75 Å². The van der Waals surface area contributed by atoms with Gasteiger partial charge in [-0.15, -0.1) is 0 Å². The Labute approximate surface area is 113 Å². The molecule has 1 aliphatic rings. The van der Waals surface area contributed by atoms with E-state index in [1.807, 2.05) is 18.2 Å². The van der Waals surface area contributed by atoms with E-state index in [0.717, 1.165) is 11.3 Å². The number of rotatable bonds is 5. The van der Waals surface area contributed by atoms with Crippen molar-refractivity contribution in [3.8, 4) is 5.75 Å². The number of carboxylic acids is 1. The van der Waals surface area contributed by atoms with Crippen LogP contribution in [-0.2, 0) is 4.79 Å². The van der Waals surface area contributed by atoms with Crippen molar-refractivity contribution in [3.63, 3.8) is 0 Å². The zero-order chi connectivity index (χ0) is 14.2. The predicted molar refractivity (Wildman–Crippen MR) is 73.2 cm³/mol. The third-order valence-corrected chi connectivity index (χ3v) is 3.90. The second-order valence-corrected chi connectivity index (χ2v) is 5.53. The zero-order valence-corrected chi connectivity index (χ0v) is 11.6. The minimum Gasteiger partial charge on any atom is -0.496 e. The average Bonchev–Trinajstić information content (AvgIpc) is 3.17. The molecule has 3 N–H and O–H groups in total. The molecule has 0 spiro atoms. The maximum atomic E-state index is 11.0. The maximum Gasteiger partial charge on any atom is 0.306 e. The number of hydrogen-bond acceptors (Lipinski definition) is 3. The molecule has 0 amide bonds. The fraction of sp³-hybridized carbons (Fsp3) is 0.533. The molecule has 1 fully saturated rings. The topological polar surface area (TPSA) is 72.5 Å². The highest BCUT2D eigenvalue weighted by Crippen LogP contribution is 2.48. The second-order valence-electron chi connectivity index (χ2n) is 5.53. The molecule has 0 aliphatic heterocycles. The number of nitrogens with two attached hydrogens (primary N) is 1. The SMILES string of the molecule is COc1ccc(C(C)C)cc1C(N)C1CC1C(=O)O. The summed E-state index contributed by atoms with van der Waals surface area (Å²) < 4.78 is 5.35. The Bertz CT molecular complexity index is 484. The quantitative estimate of drug-likeness (QED) is 0.856. The predicted octanol–water partition coefficient (Wildman–Crippen LogP) is 2.54. The monoisotopic (exact) mass is 263 g/mol. The van der Waals surface area contributed by atoms with Crippen LogP contribution in [0.25, 0.3) is 0 Å². The van der Waals surface area contributed by atoms with Crippen LogP contribution in [-0.4, -0.2) is 18.2 Å². The summed E-state index contributed by atoms with van der Waals surface area (Å²) in [6, 6.07) is 5.73. The summed E-state index contributed by atoms with van der Waals surface area (Å²) in [5.41, 5.74) is 8.34. The summed E-state index contributed by atoms with van der Waals surface area (Å²) in [5.74, 6) is 0.120. The van der Waals surface area contributed by atoms with Crippen molar-refractivity contribution < 1.29 is 14.6 Å². The Morgan fingerprint density at radius 1 is 1.47 bits per heavy atom. The standard InChI is InChI=1S/C15H21NO3/c1-8(2)9-4-5-13(19-3)12(6-9)14(16)10-7-11(10)15(17)18/h4-6,8,10-11,14H,7,16H2,1-3H3,(H,17,18). The first-order chi connectivity index (χ1) is 8.95. The van der Waals surface area contributed by atoms with Crippen molar-refractivity contribution in [3.05, 3.63) is 29.3 Å². The van der Waals surface area contributed by atoms with E-state index in [1.165, 1.54) is 5.56 Å². The number of ether oxygens (including phenoxy) is 1. The highest BCUT2D eigenvalue weighted by molar-refractivity contribution is 5.73. The first-order valence-electron chi connectivity index (χ1n) is 6.62. The van der Waals surface area contributed by atoms with Gasteiger partial charge < -0.3 is 15.6 Å². The van der Waals surface area contributed by atoms with Gasteiger partial charge in [0.15, 0.2) is 0 Å². The fourth-order valence-corrected chi connectivity index (χ4v) is 2.50. The summed E-state index contributed by atoms with van der Waals surface area (Å²) >= 11 is 0. The molecule has 4 heteroatoms. The van der Waals surface area contributed by atoms with E-state index in [-0.39, 0.29) is 17.9 Å². The van der Waals surface area contributed by atoms with Crippen LogP contribution in [0.2, 0.25) is 0 Å². The van der Waals surface area contributed by atoms with Gasteiger partial charge >= 0.3 is 5.97 Å². The Balaban J connectivity index is 2.27. The van der Waals surface area contributed by atoms with Crippen LogP contribution in [0.3, 0.4) is 0 Å². The Hall–Kier alpha value is -1.55. The van der Waals surface area contributed by atoms with Gasteiger partial charge in [0.2, 0.25) is 0 Å². The second kappa shape index (κ2) is 5.21. The first-order valence-corrected chi connectivity index (χ1v) is 6.62. The van der Waals surface area contributed by atoms with Gasteiger partial charge in [-0.1, -0.05) is 26.0 Å². The van der Waals surface area contributed by atoms with E-state index < -0.39 is 5.97 Å². The minimum atomic E-state index is -0.751. The molecule has 0 bridgehead atoms. The van der Waals surface area contributed by atoms with Crippen molar-refractivity contribution in [1.29, 1.82) is 0 Å². The van der Waals surface area contributed by atoms with Crippen molar-refractivity contribution in [2.45, 2.75) is 32.2 Å². The molecule has 0 aromatic heterocycles. The van der Waals surface area contributed by atoms with Gasteiger partial charge in [0.05, 0.1) is 13.0 Å². The number of hydrogen-bond donors (Lipinski definition) is 2. The summed E-state index contributed by atoms with van der Waals surface area (Å²) in [4.78, 5) is 11.0.